The molecular weight excluding hydrogens is 397 g/mol. The zero-order chi connectivity index (χ0) is 19.4. The lowest BCUT2D eigenvalue weighted by atomic mass is 10.3. The summed E-state index contributed by atoms with van der Waals surface area (Å²) in [7, 11) is -3.05. The fourth-order valence-corrected chi connectivity index (χ4v) is 4.78. The molecule has 0 bridgehead atoms. The maximum absolute atomic E-state index is 13.6. The summed E-state index contributed by atoms with van der Waals surface area (Å²) in [5.41, 5.74) is 0. The number of para-hydroxylation sites is 1. The highest BCUT2D eigenvalue weighted by Crippen LogP contribution is 2.25. The molecule has 0 radical (unpaired) electrons. The normalized spacial score (nSPS) is 19.6. The van der Waals surface area contributed by atoms with Gasteiger partial charge in [0.05, 0.1) is 17.3 Å². The molecule has 2 heterocycles. The molecule has 11 heteroatoms. The van der Waals surface area contributed by atoms with Crippen LogP contribution in [0.2, 0.25) is 0 Å². The second-order valence-corrected chi connectivity index (χ2v) is 9.21. The van der Waals surface area contributed by atoms with Crippen molar-refractivity contribution in [2.45, 2.75) is 30.7 Å². The molecule has 1 aromatic heterocycles. The number of halogens is 1. The zero-order valence-corrected chi connectivity index (χ0v) is 16.1. The highest BCUT2D eigenvalue weighted by atomic mass is 32.2. The van der Waals surface area contributed by atoms with E-state index >= 15 is 0 Å². The maximum Gasteiger partial charge on any atom is 0.277 e. The Labute approximate surface area is 159 Å². The van der Waals surface area contributed by atoms with Gasteiger partial charge in [-0.05, 0) is 25.5 Å². The Bertz CT molecular complexity index is 918. The van der Waals surface area contributed by atoms with Crippen LogP contribution in [-0.4, -0.2) is 47.8 Å². The fraction of sp³-hybridized carbons (Fsp3) is 0.438. The third-order valence-electron chi connectivity index (χ3n) is 3.83. The molecule has 1 aliphatic heterocycles. The Kier molecular flexibility index (Phi) is 6.00. The second kappa shape index (κ2) is 8.26. The summed E-state index contributed by atoms with van der Waals surface area (Å²) in [6.07, 6.45) is -0.241. The summed E-state index contributed by atoms with van der Waals surface area (Å²) >= 11 is 1.03. The van der Waals surface area contributed by atoms with Crippen molar-refractivity contribution in [2.24, 2.45) is 0 Å². The van der Waals surface area contributed by atoms with E-state index in [0.717, 1.165) is 11.8 Å². The van der Waals surface area contributed by atoms with Gasteiger partial charge in [0.25, 0.3) is 11.1 Å². The number of carbonyl (C=O) groups is 1. The molecule has 146 valence electrons. The largest absolute Gasteiger partial charge is 0.478 e. The molecule has 27 heavy (non-hydrogen) atoms. The first kappa shape index (κ1) is 19.6. The van der Waals surface area contributed by atoms with Crippen molar-refractivity contribution in [3.8, 4) is 5.75 Å². The first-order valence-corrected chi connectivity index (χ1v) is 11.0. The third-order valence-corrected chi connectivity index (χ3v) is 6.42. The van der Waals surface area contributed by atoms with Gasteiger partial charge in [-0.15, -0.1) is 10.2 Å². The van der Waals surface area contributed by atoms with Crippen molar-refractivity contribution in [1.82, 2.24) is 15.5 Å². The smallest absolute Gasteiger partial charge is 0.277 e. The maximum atomic E-state index is 13.6. The average molecular weight is 415 g/mol. The molecule has 1 aromatic carbocycles. The molecule has 2 atom stereocenters. The minimum Gasteiger partial charge on any atom is -0.478 e. The van der Waals surface area contributed by atoms with Gasteiger partial charge in [0.2, 0.25) is 5.91 Å². The van der Waals surface area contributed by atoms with Gasteiger partial charge in [-0.2, -0.15) is 0 Å². The number of sulfone groups is 1. The Balaban J connectivity index is 1.49. The van der Waals surface area contributed by atoms with E-state index < -0.39 is 21.8 Å². The van der Waals surface area contributed by atoms with Crippen molar-refractivity contribution in [3.63, 3.8) is 0 Å². The van der Waals surface area contributed by atoms with Gasteiger partial charge in [0.15, 0.2) is 27.5 Å². The number of ether oxygens (including phenoxy) is 1. The third kappa shape index (κ3) is 5.42. The van der Waals surface area contributed by atoms with Gasteiger partial charge >= 0.3 is 0 Å². The predicted molar refractivity (Wildman–Crippen MR) is 95.7 cm³/mol. The van der Waals surface area contributed by atoms with Gasteiger partial charge in [-0.25, -0.2) is 12.8 Å². The van der Waals surface area contributed by atoms with Crippen molar-refractivity contribution < 1.29 is 26.8 Å². The first-order chi connectivity index (χ1) is 12.8. The van der Waals surface area contributed by atoms with Crippen LogP contribution in [0.15, 0.2) is 33.9 Å². The molecule has 3 rings (SSSR count). The average Bonchev–Trinajstić information content (AvgIpc) is 3.21. The quantitative estimate of drug-likeness (QED) is 0.681. The van der Waals surface area contributed by atoms with Crippen molar-refractivity contribution in [3.05, 3.63) is 36.0 Å². The molecule has 8 nitrogen and oxygen atoms in total. The molecule has 1 fully saturated rings. The van der Waals surface area contributed by atoms with Crippen LogP contribution >= 0.6 is 11.8 Å². The monoisotopic (exact) mass is 415 g/mol. The van der Waals surface area contributed by atoms with Gasteiger partial charge in [0.1, 0.15) is 0 Å². The van der Waals surface area contributed by atoms with Crippen LogP contribution in [0.3, 0.4) is 0 Å². The predicted octanol–water partition coefficient (Wildman–Crippen LogP) is 1.74. The molecular formula is C16H18FN3O5S2. The molecule has 1 saturated heterocycles. The van der Waals surface area contributed by atoms with Crippen LogP contribution in [0.5, 0.6) is 5.75 Å². The molecule has 0 aliphatic carbocycles. The number of nitrogens with zero attached hydrogens (tertiary/aromatic N) is 2. The highest BCUT2D eigenvalue weighted by Gasteiger charge is 2.29. The number of hydrogen-bond donors (Lipinski definition) is 1. The number of carbonyl (C=O) groups excluding carboxylic acids is 1. The zero-order valence-electron chi connectivity index (χ0n) is 14.4. The number of benzene rings is 1. The summed E-state index contributed by atoms with van der Waals surface area (Å²) in [4.78, 5) is 11.9. The minimum absolute atomic E-state index is 0.0146. The van der Waals surface area contributed by atoms with Gasteiger partial charge in [-0.3, -0.25) is 4.79 Å². The van der Waals surface area contributed by atoms with Crippen LogP contribution < -0.4 is 10.1 Å². The van der Waals surface area contributed by atoms with E-state index in [1.54, 1.807) is 19.1 Å². The molecule has 0 unspecified atom stereocenters. The van der Waals surface area contributed by atoms with Crippen LogP contribution in [0.25, 0.3) is 0 Å². The molecule has 0 spiro atoms. The summed E-state index contributed by atoms with van der Waals surface area (Å²) in [6.45, 7) is 1.64. The second-order valence-electron chi connectivity index (χ2n) is 6.05. The van der Waals surface area contributed by atoms with Crippen molar-refractivity contribution >= 4 is 27.5 Å². The van der Waals surface area contributed by atoms with E-state index in [1.165, 1.54) is 12.1 Å². The topological polar surface area (TPSA) is 111 Å². The highest BCUT2D eigenvalue weighted by molar-refractivity contribution is 7.99. The molecule has 2 aromatic rings. The lowest BCUT2D eigenvalue weighted by molar-refractivity contribution is -0.119. The number of amides is 1. The molecule has 1 N–H and O–H groups in total. The Morgan fingerprint density at radius 1 is 1.44 bits per heavy atom. The van der Waals surface area contributed by atoms with E-state index in [-0.39, 0.29) is 46.1 Å². The number of thioether (sulfide) groups is 1. The van der Waals surface area contributed by atoms with E-state index in [2.05, 4.69) is 15.5 Å². The summed E-state index contributed by atoms with van der Waals surface area (Å²) in [5.74, 6) is -0.495. The standard InChI is InChI=1S/C16H18FN3O5S2/c1-10(24-13-5-3-2-4-12(13)17)15-19-20-16(25-15)26-8-14(21)18-11-6-7-27(22,23)9-11/h2-5,10-11H,6-9H2,1H3,(H,18,21)/t10-,11-/m0/s1. The van der Waals surface area contributed by atoms with E-state index in [1.807, 2.05) is 0 Å². The van der Waals surface area contributed by atoms with E-state index in [4.69, 9.17) is 9.15 Å². The number of rotatable bonds is 7. The number of aromatic nitrogens is 2. The van der Waals surface area contributed by atoms with Gasteiger partial charge < -0.3 is 14.5 Å². The van der Waals surface area contributed by atoms with E-state index in [0.29, 0.717) is 6.42 Å². The lowest BCUT2D eigenvalue weighted by Crippen LogP contribution is -2.36. The fourth-order valence-electron chi connectivity index (χ4n) is 2.53. The Morgan fingerprint density at radius 2 is 2.22 bits per heavy atom. The molecule has 1 aliphatic rings. The summed E-state index contributed by atoms with van der Waals surface area (Å²) < 4.78 is 47.3. The molecule has 1 amide bonds. The summed E-state index contributed by atoms with van der Waals surface area (Å²) in [5, 5.41) is 10.5. The van der Waals surface area contributed by atoms with Crippen molar-refractivity contribution in [1.29, 1.82) is 0 Å². The van der Waals surface area contributed by atoms with E-state index in [9.17, 15) is 17.6 Å². The van der Waals surface area contributed by atoms with Crippen LogP contribution in [-0.2, 0) is 14.6 Å². The van der Waals surface area contributed by atoms with Crippen molar-refractivity contribution in [2.75, 3.05) is 17.3 Å². The Morgan fingerprint density at radius 3 is 2.93 bits per heavy atom. The molecule has 0 saturated carbocycles. The minimum atomic E-state index is -3.05. The Hall–Kier alpha value is -2.14. The van der Waals surface area contributed by atoms with Crippen LogP contribution in [0.4, 0.5) is 4.39 Å². The van der Waals surface area contributed by atoms with Crippen LogP contribution in [0.1, 0.15) is 25.3 Å². The first-order valence-electron chi connectivity index (χ1n) is 8.19. The number of hydrogen-bond acceptors (Lipinski definition) is 8. The number of nitrogens with one attached hydrogen (secondary N) is 1. The van der Waals surface area contributed by atoms with Crippen LogP contribution in [0, 0.1) is 5.82 Å². The lowest BCUT2D eigenvalue weighted by Gasteiger charge is -2.11. The van der Waals surface area contributed by atoms with Gasteiger partial charge in [0, 0.05) is 6.04 Å². The SMILES string of the molecule is C[C@H](Oc1ccccc1F)c1nnc(SCC(=O)N[C@H]2CCS(=O)(=O)C2)o1. The van der Waals surface area contributed by atoms with Gasteiger partial charge in [-0.1, -0.05) is 23.9 Å². The summed E-state index contributed by atoms with van der Waals surface area (Å²) in [6, 6.07) is 5.63.